The number of hydrogen-bond donors (Lipinski definition) is 13. The van der Waals surface area contributed by atoms with Crippen molar-refractivity contribution in [1.29, 1.82) is 0 Å². The third-order valence-corrected chi connectivity index (χ3v) is 9.73. The Morgan fingerprint density at radius 3 is 2.08 bits per heavy atom. The van der Waals surface area contributed by atoms with Crippen LogP contribution in [0.1, 0.15) is 50.3 Å². The molecule has 0 aliphatic carbocycles. The van der Waals surface area contributed by atoms with Gasteiger partial charge in [-0.15, -0.1) is 0 Å². The predicted molar refractivity (Wildman–Crippen MR) is 216 cm³/mol. The Kier molecular flexibility index (Phi) is 19.5. The molecule has 1 saturated heterocycles. The van der Waals surface area contributed by atoms with E-state index < -0.39 is 127 Å². The number of benzene rings is 1. The maximum Gasteiger partial charge on any atom is 0.328 e. The lowest BCUT2D eigenvalue weighted by Gasteiger charge is -2.30. The molecular formula is C38H54N12O13. The SMILES string of the molecule is C[C@@H](O)[C@H](NC(=O)[C@@H]1CCCN1C(=O)[C@H](Cc1ccccc1)NC(=O)[C@H](CO)NC(=O)[C@H](Cc1cnc[nH]1)NC(=O)CNC(=O)[C@H](CC(N)=O)NC(=O)[C@@H](N)CCC(N)=O)C(=O)O. The second-order valence-electron chi connectivity index (χ2n) is 14.7. The number of carboxylic acid groups (broad SMARTS) is 1. The first kappa shape index (κ1) is 50.4. The summed E-state index contributed by atoms with van der Waals surface area (Å²) in [5.74, 6) is -9.72. The van der Waals surface area contributed by atoms with Crippen LogP contribution in [0.3, 0.4) is 0 Å². The van der Waals surface area contributed by atoms with Crippen LogP contribution >= 0.6 is 0 Å². The molecule has 16 N–H and O–H groups in total. The number of primary amides is 2. The molecule has 3 rings (SSSR count). The molecule has 2 aromatic rings. The summed E-state index contributed by atoms with van der Waals surface area (Å²) in [7, 11) is 0. The van der Waals surface area contributed by atoms with Crippen LogP contribution in [0.2, 0.25) is 0 Å². The summed E-state index contributed by atoms with van der Waals surface area (Å²) >= 11 is 0. The molecule has 1 aliphatic heterocycles. The van der Waals surface area contributed by atoms with E-state index in [1.807, 2.05) is 0 Å². The van der Waals surface area contributed by atoms with Gasteiger partial charge in [0.2, 0.25) is 53.2 Å². The van der Waals surface area contributed by atoms with Gasteiger partial charge in [0.15, 0.2) is 6.04 Å². The van der Waals surface area contributed by atoms with Crippen molar-refractivity contribution in [2.45, 2.75) is 100 Å². The lowest BCUT2D eigenvalue weighted by molar-refractivity contribution is -0.147. The van der Waals surface area contributed by atoms with E-state index in [1.54, 1.807) is 30.3 Å². The zero-order valence-corrected chi connectivity index (χ0v) is 34.3. The predicted octanol–water partition coefficient (Wildman–Crippen LogP) is -6.35. The Hall–Kier alpha value is -6.99. The normalized spacial score (nSPS) is 16.7. The quantitative estimate of drug-likeness (QED) is 0.0441. The van der Waals surface area contributed by atoms with Gasteiger partial charge in [0.25, 0.3) is 0 Å². The van der Waals surface area contributed by atoms with E-state index in [4.69, 9.17) is 17.2 Å². The van der Waals surface area contributed by atoms with Crippen LogP contribution in [0, 0.1) is 0 Å². The molecule has 8 atom stereocenters. The maximum atomic E-state index is 14.1. The van der Waals surface area contributed by atoms with Gasteiger partial charge in [0, 0.05) is 37.7 Å². The van der Waals surface area contributed by atoms with Gasteiger partial charge in [0.05, 0.1) is 38.0 Å². The Morgan fingerprint density at radius 2 is 1.49 bits per heavy atom. The van der Waals surface area contributed by atoms with Crippen molar-refractivity contribution in [3.05, 3.63) is 54.1 Å². The minimum absolute atomic E-state index is 0.0626. The van der Waals surface area contributed by atoms with Crippen LogP contribution in [0.5, 0.6) is 0 Å². The summed E-state index contributed by atoms with van der Waals surface area (Å²) in [6.07, 6.45) is 0.224. The monoisotopic (exact) mass is 886 g/mol. The highest BCUT2D eigenvalue weighted by molar-refractivity contribution is 5.98. The number of aliphatic carboxylic acids is 1. The van der Waals surface area contributed by atoms with Crippen molar-refractivity contribution in [2.75, 3.05) is 19.7 Å². The van der Waals surface area contributed by atoms with Crippen LogP contribution in [0.15, 0.2) is 42.9 Å². The van der Waals surface area contributed by atoms with Crippen molar-refractivity contribution < 1.29 is 63.3 Å². The number of carbonyl (C=O) groups excluding carboxylic acids is 9. The number of aliphatic hydroxyl groups excluding tert-OH is 2. The summed E-state index contributed by atoms with van der Waals surface area (Å²) < 4.78 is 0. The Morgan fingerprint density at radius 1 is 0.841 bits per heavy atom. The van der Waals surface area contributed by atoms with E-state index in [9.17, 15) is 63.3 Å². The zero-order valence-electron chi connectivity index (χ0n) is 34.3. The minimum Gasteiger partial charge on any atom is -0.480 e. The number of aromatic nitrogens is 2. The van der Waals surface area contributed by atoms with Gasteiger partial charge in [-0.25, -0.2) is 9.78 Å². The van der Waals surface area contributed by atoms with Crippen molar-refractivity contribution in [1.82, 2.24) is 46.8 Å². The number of nitrogens with one attached hydrogen (secondary N) is 7. The lowest BCUT2D eigenvalue weighted by Crippen LogP contribution is -2.60. The Bertz CT molecular complexity index is 1950. The number of nitrogens with zero attached hydrogens (tertiary/aromatic N) is 2. The summed E-state index contributed by atoms with van der Waals surface area (Å²) in [4.78, 5) is 135. The lowest BCUT2D eigenvalue weighted by atomic mass is 10.0. The molecule has 9 amide bonds. The van der Waals surface area contributed by atoms with Crippen LogP contribution in [-0.2, 0) is 60.8 Å². The summed E-state index contributed by atoms with van der Waals surface area (Å²) in [6, 6.07) is -1.78. The minimum atomic E-state index is -1.71. The second-order valence-corrected chi connectivity index (χ2v) is 14.7. The Labute approximate surface area is 360 Å². The molecule has 63 heavy (non-hydrogen) atoms. The molecule has 25 nitrogen and oxygen atoms in total. The van der Waals surface area contributed by atoms with Crippen LogP contribution in [0.4, 0.5) is 0 Å². The number of hydrogen-bond acceptors (Lipinski definition) is 14. The van der Waals surface area contributed by atoms with E-state index in [0.717, 1.165) is 0 Å². The molecule has 0 radical (unpaired) electrons. The number of H-pyrrole nitrogens is 1. The molecule has 25 heteroatoms. The van der Waals surface area contributed by atoms with Crippen molar-refractivity contribution >= 4 is 59.1 Å². The van der Waals surface area contributed by atoms with Gasteiger partial charge in [0.1, 0.15) is 30.2 Å². The largest absolute Gasteiger partial charge is 0.480 e. The summed E-state index contributed by atoms with van der Waals surface area (Å²) in [5.41, 5.74) is 17.0. The molecule has 0 unspecified atom stereocenters. The molecule has 1 aromatic heterocycles. The molecule has 1 aromatic carbocycles. The third kappa shape index (κ3) is 16.1. The fraction of sp³-hybridized carbons (Fsp3) is 0.500. The van der Waals surface area contributed by atoms with Gasteiger partial charge in [-0.2, -0.15) is 0 Å². The van der Waals surface area contributed by atoms with E-state index in [0.29, 0.717) is 17.7 Å². The van der Waals surface area contributed by atoms with E-state index >= 15 is 0 Å². The van der Waals surface area contributed by atoms with Crippen molar-refractivity contribution in [3.63, 3.8) is 0 Å². The van der Waals surface area contributed by atoms with Gasteiger partial charge < -0.3 is 74.3 Å². The van der Waals surface area contributed by atoms with Crippen LogP contribution in [0.25, 0.3) is 0 Å². The Balaban J connectivity index is 1.75. The second kappa shape index (κ2) is 24.5. The van der Waals surface area contributed by atoms with Crippen molar-refractivity contribution in [3.8, 4) is 0 Å². The first-order valence-corrected chi connectivity index (χ1v) is 19.7. The average Bonchev–Trinajstić information content (AvgIpc) is 3.95. The summed E-state index contributed by atoms with van der Waals surface area (Å²) in [6.45, 7) is -0.552. The van der Waals surface area contributed by atoms with Crippen molar-refractivity contribution in [2.24, 2.45) is 17.2 Å². The number of aromatic amines is 1. The molecule has 0 spiro atoms. The van der Waals surface area contributed by atoms with Gasteiger partial charge in [-0.1, -0.05) is 30.3 Å². The highest BCUT2D eigenvalue weighted by Gasteiger charge is 2.40. The number of rotatable bonds is 25. The highest BCUT2D eigenvalue weighted by Crippen LogP contribution is 2.20. The van der Waals surface area contributed by atoms with E-state index in [-0.39, 0.29) is 38.6 Å². The van der Waals surface area contributed by atoms with E-state index in [1.165, 1.54) is 24.3 Å². The van der Waals surface area contributed by atoms with Gasteiger partial charge in [-0.05, 0) is 31.7 Å². The number of amides is 9. The van der Waals surface area contributed by atoms with Gasteiger partial charge in [-0.3, -0.25) is 43.2 Å². The molecule has 1 fully saturated rings. The average molecular weight is 887 g/mol. The number of likely N-dealkylation sites (tertiary alicyclic amines) is 1. The van der Waals surface area contributed by atoms with Crippen LogP contribution in [-0.4, -0.2) is 157 Å². The third-order valence-electron chi connectivity index (χ3n) is 9.73. The molecular weight excluding hydrogens is 832 g/mol. The number of nitrogens with two attached hydrogens (primary N) is 3. The topological polar surface area (TPSA) is 414 Å². The number of imidazole rings is 1. The molecule has 2 heterocycles. The fourth-order valence-electron chi connectivity index (χ4n) is 6.41. The zero-order chi connectivity index (χ0) is 46.8. The first-order chi connectivity index (χ1) is 29.8. The van der Waals surface area contributed by atoms with E-state index in [2.05, 4.69) is 41.9 Å². The fourth-order valence-corrected chi connectivity index (χ4v) is 6.41. The standard InChI is InChI=1S/C38H54N12O13/c1-19(52)31(38(62)63)49-36(60)27-8-5-11-50(27)37(61)25(12-20-6-3-2-4-7-20)47-35(59)26(17-51)48-34(58)23(13-21-15-42-18-44-21)45-30(55)16-43-33(57)24(14-29(41)54)46-32(56)22(39)9-10-28(40)53/h2-4,6-7,15,18-19,22-27,31,51-52H,5,8-14,16-17,39H2,1H3,(H2,40,53)(H2,41,54)(H,42,44)(H,43,57)(H,45,55)(H,46,56)(H,47,59)(H,48,58)(H,49,60)(H,62,63)/t19-,22+,23+,24+,25+,26+,27+,31+/m1/s1. The maximum absolute atomic E-state index is 14.1. The number of carboxylic acids is 1. The molecule has 1 aliphatic rings. The smallest absolute Gasteiger partial charge is 0.328 e. The number of carbonyl (C=O) groups is 10. The summed E-state index contributed by atoms with van der Waals surface area (Å²) in [5, 5.41) is 43.6. The molecule has 0 saturated carbocycles. The molecule has 344 valence electrons. The van der Waals surface area contributed by atoms with Gasteiger partial charge >= 0.3 is 5.97 Å². The molecule has 0 bridgehead atoms. The first-order valence-electron chi connectivity index (χ1n) is 19.7. The highest BCUT2D eigenvalue weighted by atomic mass is 16.4. The van der Waals surface area contributed by atoms with Crippen LogP contribution < -0.4 is 49.1 Å². The number of aliphatic hydroxyl groups is 2.